The zero-order chi connectivity index (χ0) is 17.2. The van der Waals surface area contributed by atoms with Gasteiger partial charge in [-0.3, -0.25) is 4.79 Å². The van der Waals surface area contributed by atoms with Gasteiger partial charge in [0.2, 0.25) is 0 Å². The molecule has 0 saturated carbocycles. The van der Waals surface area contributed by atoms with Crippen LogP contribution in [0.15, 0.2) is 23.1 Å². The Morgan fingerprint density at radius 1 is 1.50 bits per heavy atom. The zero-order valence-electron chi connectivity index (χ0n) is 14.3. The van der Waals surface area contributed by atoms with Crippen molar-refractivity contribution in [3.8, 4) is 0 Å². The molecule has 0 radical (unpaired) electrons. The van der Waals surface area contributed by atoms with Gasteiger partial charge in [0.15, 0.2) is 0 Å². The summed E-state index contributed by atoms with van der Waals surface area (Å²) >= 11 is 0. The van der Waals surface area contributed by atoms with Crippen LogP contribution in [-0.4, -0.2) is 54.5 Å². The van der Waals surface area contributed by atoms with Gasteiger partial charge < -0.3 is 24.3 Å². The number of fused-ring (bicyclic) bond motifs is 1. The number of amides is 2. The van der Waals surface area contributed by atoms with Crippen LogP contribution in [-0.2, 0) is 16.0 Å². The maximum atomic E-state index is 12.6. The molecule has 24 heavy (non-hydrogen) atoms. The number of anilines is 1. The molecule has 3 rings (SSSR count). The molecular formula is C17H25N3O4. The molecule has 0 spiro atoms. The van der Waals surface area contributed by atoms with Gasteiger partial charge in [0.25, 0.3) is 5.56 Å². The molecular weight excluding hydrogens is 310 g/mol. The molecule has 132 valence electrons. The number of carbonyl (C=O) groups excluding carboxylic acids is 1. The number of nitrogens with zero attached hydrogens (tertiary/aromatic N) is 2. The van der Waals surface area contributed by atoms with Crippen molar-refractivity contribution in [1.29, 1.82) is 0 Å². The minimum absolute atomic E-state index is 0.0574. The number of carbonyl (C=O) groups is 1. The third kappa shape index (κ3) is 3.18. The molecule has 0 unspecified atom stereocenters. The number of nitrogens with one attached hydrogen (secondary N) is 1. The van der Waals surface area contributed by atoms with Crippen LogP contribution in [0.2, 0.25) is 0 Å². The third-order valence-corrected chi connectivity index (χ3v) is 4.87. The molecule has 3 heterocycles. The summed E-state index contributed by atoms with van der Waals surface area (Å²) in [6.07, 6.45) is 3.51. The highest BCUT2D eigenvalue weighted by molar-refractivity contribution is 5.89. The zero-order valence-corrected chi connectivity index (χ0v) is 14.3. The van der Waals surface area contributed by atoms with Gasteiger partial charge in [-0.2, -0.15) is 0 Å². The molecule has 2 atom stereocenters. The second kappa shape index (κ2) is 6.94. The van der Waals surface area contributed by atoms with E-state index in [0.29, 0.717) is 37.8 Å². The fraction of sp³-hybridized carbons (Fsp3) is 0.647. The standard InChI is InChI=1S/C17H25N3O4/c1-3-7-19-10-14(4-5-15(19)21)18-16(22)20-9-13-6-8-24-17(13,11-20)12-23-2/h4-5,10,13H,3,6-9,11-12H2,1-2H3,(H,18,22)/t13-,17-/m0/s1. The van der Waals surface area contributed by atoms with Gasteiger partial charge in [-0.25, -0.2) is 4.79 Å². The normalized spacial score (nSPS) is 25.8. The molecule has 7 nitrogen and oxygen atoms in total. The maximum absolute atomic E-state index is 12.6. The van der Waals surface area contributed by atoms with Crippen molar-refractivity contribution in [2.24, 2.45) is 5.92 Å². The quantitative estimate of drug-likeness (QED) is 0.886. The number of hydrogen-bond acceptors (Lipinski definition) is 4. The van der Waals surface area contributed by atoms with Crippen molar-refractivity contribution < 1.29 is 14.3 Å². The highest BCUT2D eigenvalue weighted by Crippen LogP contribution is 2.39. The number of rotatable bonds is 5. The molecule has 1 N–H and O–H groups in total. The number of aryl methyl sites for hydroxylation is 1. The Hall–Kier alpha value is -1.86. The summed E-state index contributed by atoms with van der Waals surface area (Å²) in [6, 6.07) is 2.97. The molecule has 7 heteroatoms. The lowest BCUT2D eigenvalue weighted by atomic mass is 9.92. The van der Waals surface area contributed by atoms with Crippen molar-refractivity contribution in [2.45, 2.75) is 31.9 Å². The van der Waals surface area contributed by atoms with E-state index in [1.165, 1.54) is 6.07 Å². The Morgan fingerprint density at radius 3 is 3.08 bits per heavy atom. The Labute approximate surface area is 141 Å². The number of likely N-dealkylation sites (tertiary alicyclic amines) is 1. The largest absolute Gasteiger partial charge is 0.382 e. The lowest BCUT2D eigenvalue weighted by Gasteiger charge is -2.27. The summed E-state index contributed by atoms with van der Waals surface area (Å²) in [4.78, 5) is 26.1. The van der Waals surface area contributed by atoms with E-state index in [4.69, 9.17) is 9.47 Å². The summed E-state index contributed by atoms with van der Waals surface area (Å²) < 4.78 is 12.8. The SMILES string of the molecule is CCCn1cc(NC(=O)N2C[C@@H]3CCO[C@]3(COC)C2)ccc1=O. The monoisotopic (exact) mass is 335 g/mol. The lowest BCUT2D eigenvalue weighted by Crippen LogP contribution is -2.43. The van der Waals surface area contributed by atoms with Gasteiger partial charge in [-0.05, 0) is 18.9 Å². The predicted molar refractivity (Wildman–Crippen MR) is 90.3 cm³/mol. The summed E-state index contributed by atoms with van der Waals surface area (Å²) in [5.74, 6) is 0.317. The van der Waals surface area contributed by atoms with Crippen molar-refractivity contribution >= 4 is 11.7 Å². The van der Waals surface area contributed by atoms with Gasteiger partial charge in [0.05, 0.1) is 18.8 Å². The number of methoxy groups -OCH3 is 1. The lowest BCUT2D eigenvalue weighted by molar-refractivity contribution is -0.0563. The van der Waals surface area contributed by atoms with Crippen LogP contribution in [0.25, 0.3) is 0 Å². The molecule has 2 amide bonds. The van der Waals surface area contributed by atoms with Gasteiger partial charge >= 0.3 is 6.03 Å². The second-order valence-electron chi connectivity index (χ2n) is 6.59. The van der Waals surface area contributed by atoms with E-state index >= 15 is 0 Å². The Morgan fingerprint density at radius 2 is 2.33 bits per heavy atom. The van der Waals surface area contributed by atoms with Crippen LogP contribution in [0.5, 0.6) is 0 Å². The van der Waals surface area contributed by atoms with Gasteiger partial charge in [0.1, 0.15) is 5.60 Å². The molecule has 2 fully saturated rings. The van der Waals surface area contributed by atoms with Crippen molar-refractivity contribution in [1.82, 2.24) is 9.47 Å². The van der Waals surface area contributed by atoms with Crippen LogP contribution in [0, 0.1) is 5.92 Å². The molecule has 0 bridgehead atoms. The summed E-state index contributed by atoms with van der Waals surface area (Å²) in [6.45, 7) is 5.08. The van der Waals surface area contributed by atoms with E-state index in [1.807, 2.05) is 6.92 Å². The van der Waals surface area contributed by atoms with Gasteiger partial charge in [0, 0.05) is 45.0 Å². The predicted octanol–water partition coefficient (Wildman–Crippen LogP) is 1.53. The van der Waals surface area contributed by atoms with E-state index in [-0.39, 0.29) is 17.2 Å². The van der Waals surface area contributed by atoms with Crippen LogP contribution >= 0.6 is 0 Å². The fourth-order valence-electron chi connectivity index (χ4n) is 3.70. The first kappa shape index (κ1) is 17.0. The molecule has 2 aliphatic rings. The molecule has 1 aromatic heterocycles. The maximum Gasteiger partial charge on any atom is 0.321 e. The van der Waals surface area contributed by atoms with Crippen LogP contribution in [0.1, 0.15) is 19.8 Å². The number of aromatic nitrogens is 1. The Kier molecular flexibility index (Phi) is 4.91. The van der Waals surface area contributed by atoms with Crippen LogP contribution < -0.4 is 10.9 Å². The molecule has 1 aromatic rings. The first-order chi connectivity index (χ1) is 11.6. The van der Waals surface area contributed by atoms with Crippen LogP contribution in [0.3, 0.4) is 0 Å². The second-order valence-corrected chi connectivity index (χ2v) is 6.59. The van der Waals surface area contributed by atoms with Crippen molar-refractivity contribution in [2.75, 3.05) is 38.7 Å². The number of ether oxygens (including phenoxy) is 2. The van der Waals surface area contributed by atoms with E-state index in [1.54, 1.807) is 28.8 Å². The van der Waals surface area contributed by atoms with Crippen molar-refractivity contribution in [3.63, 3.8) is 0 Å². The fourth-order valence-corrected chi connectivity index (χ4v) is 3.70. The minimum atomic E-state index is -0.368. The first-order valence-corrected chi connectivity index (χ1v) is 8.47. The minimum Gasteiger partial charge on any atom is -0.382 e. The topological polar surface area (TPSA) is 72.8 Å². The van der Waals surface area contributed by atoms with Crippen molar-refractivity contribution in [3.05, 3.63) is 28.7 Å². The number of urea groups is 1. The number of pyridine rings is 1. The van der Waals surface area contributed by atoms with E-state index in [2.05, 4.69) is 5.32 Å². The summed E-state index contributed by atoms with van der Waals surface area (Å²) in [7, 11) is 1.66. The van der Waals surface area contributed by atoms with E-state index in [9.17, 15) is 9.59 Å². The molecule has 2 aliphatic heterocycles. The Bertz CT molecular complexity index is 659. The average molecular weight is 335 g/mol. The third-order valence-electron chi connectivity index (χ3n) is 4.87. The Balaban J connectivity index is 1.68. The number of hydrogen-bond donors (Lipinski definition) is 1. The summed E-state index contributed by atoms with van der Waals surface area (Å²) in [5, 5.41) is 2.89. The molecule has 0 aromatic carbocycles. The van der Waals surface area contributed by atoms with Gasteiger partial charge in [-0.15, -0.1) is 0 Å². The highest BCUT2D eigenvalue weighted by atomic mass is 16.5. The van der Waals surface area contributed by atoms with Gasteiger partial charge in [-0.1, -0.05) is 6.92 Å². The summed E-state index contributed by atoms with van der Waals surface area (Å²) in [5.41, 5.74) is 0.206. The highest BCUT2D eigenvalue weighted by Gasteiger charge is 2.52. The van der Waals surface area contributed by atoms with E-state index in [0.717, 1.165) is 19.4 Å². The first-order valence-electron chi connectivity index (χ1n) is 8.47. The van der Waals surface area contributed by atoms with Crippen LogP contribution in [0.4, 0.5) is 10.5 Å². The molecule has 0 aliphatic carbocycles. The average Bonchev–Trinajstić information content (AvgIpc) is 3.08. The van der Waals surface area contributed by atoms with E-state index < -0.39 is 0 Å². The molecule has 2 saturated heterocycles. The smallest absolute Gasteiger partial charge is 0.321 e.